The quantitative estimate of drug-likeness (QED) is 0.750. The Hall–Kier alpha value is -3.65. The molecule has 1 aromatic heterocycles. The third-order valence-corrected chi connectivity index (χ3v) is 3.57. The molecule has 1 heterocycles. The third kappa shape index (κ3) is 4.21. The topological polar surface area (TPSA) is 77.8 Å². The zero-order chi connectivity index (χ0) is 17.6. The van der Waals surface area contributed by atoms with Crippen LogP contribution in [0.25, 0.3) is 0 Å². The normalized spacial score (nSPS) is 9.92. The highest BCUT2D eigenvalue weighted by Crippen LogP contribution is 2.17. The number of aryl methyl sites for hydroxylation is 1. The fourth-order valence-electron chi connectivity index (χ4n) is 2.35. The van der Waals surface area contributed by atoms with Crippen LogP contribution in [0.5, 0.6) is 0 Å². The van der Waals surface area contributed by atoms with Gasteiger partial charge in [-0.15, -0.1) is 0 Å². The average molecular weight is 328 g/mol. The molecule has 25 heavy (non-hydrogen) atoms. The van der Waals surface area contributed by atoms with E-state index in [0.29, 0.717) is 22.6 Å². The molecule has 3 rings (SSSR count). The Morgan fingerprint density at radius 2 is 1.88 bits per heavy atom. The Balaban J connectivity index is 1.68. The highest BCUT2D eigenvalue weighted by Gasteiger charge is 2.06. The largest absolute Gasteiger partial charge is 0.340 e. The van der Waals surface area contributed by atoms with Gasteiger partial charge in [-0.25, -0.2) is 4.98 Å². The molecule has 0 aliphatic rings. The minimum atomic E-state index is -0.173. The number of aromatic nitrogens is 1. The maximum absolute atomic E-state index is 12.2. The lowest BCUT2D eigenvalue weighted by atomic mass is 10.1. The molecule has 0 saturated heterocycles. The summed E-state index contributed by atoms with van der Waals surface area (Å²) < 4.78 is 0. The average Bonchev–Trinajstić information content (AvgIpc) is 2.63. The van der Waals surface area contributed by atoms with Gasteiger partial charge in [0.15, 0.2) is 0 Å². The van der Waals surface area contributed by atoms with Gasteiger partial charge in [0, 0.05) is 11.3 Å². The summed E-state index contributed by atoms with van der Waals surface area (Å²) in [6.07, 6.45) is 1.59. The zero-order valence-corrected chi connectivity index (χ0v) is 13.7. The van der Waals surface area contributed by atoms with Crippen LogP contribution in [-0.4, -0.2) is 10.9 Å². The minimum Gasteiger partial charge on any atom is -0.340 e. The summed E-state index contributed by atoms with van der Waals surface area (Å²) >= 11 is 0. The van der Waals surface area contributed by atoms with Gasteiger partial charge >= 0.3 is 0 Å². The summed E-state index contributed by atoms with van der Waals surface area (Å²) in [5.41, 5.74) is 3.61. The molecular formula is C20H16N4O. The van der Waals surface area contributed by atoms with Gasteiger partial charge in [0.05, 0.1) is 23.5 Å². The number of rotatable bonds is 4. The second-order valence-corrected chi connectivity index (χ2v) is 5.57. The van der Waals surface area contributed by atoms with E-state index in [1.807, 2.05) is 31.2 Å². The molecule has 5 heteroatoms. The first-order chi connectivity index (χ1) is 12.1. The first kappa shape index (κ1) is 16.2. The molecule has 0 fully saturated rings. The van der Waals surface area contributed by atoms with E-state index >= 15 is 0 Å². The number of nitrogens with one attached hydrogen (secondary N) is 2. The van der Waals surface area contributed by atoms with Gasteiger partial charge in [0.2, 0.25) is 0 Å². The van der Waals surface area contributed by atoms with E-state index in [1.54, 1.807) is 42.6 Å². The molecule has 122 valence electrons. The molecule has 0 spiro atoms. The summed E-state index contributed by atoms with van der Waals surface area (Å²) in [5.74, 6) is 0.455. The van der Waals surface area contributed by atoms with Crippen LogP contribution in [0.4, 0.5) is 17.2 Å². The van der Waals surface area contributed by atoms with E-state index in [4.69, 9.17) is 5.26 Å². The van der Waals surface area contributed by atoms with Crippen LogP contribution in [0.2, 0.25) is 0 Å². The van der Waals surface area contributed by atoms with Crippen LogP contribution >= 0.6 is 0 Å². The number of hydrogen-bond donors (Lipinski definition) is 2. The molecule has 3 aromatic rings. The Labute approximate surface area is 146 Å². The first-order valence-electron chi connectivity index (χ1n) is 7.75. The number of nitriles is 1. The Morgan fingerprint density at radius 1 is 1.04 bits per heavy atom. The van der Waals surface area contributed by atoms with E-state index in [1.165, 1.54) is 0 Å². The SMILES string of the molecule is Cc1cccc(C(=O)Nc2ccc(Nc3cccc(C#N)c3)nc2)c1. The molecule has 0 bridgehead atoms. The molecule has 2 aromatic carbocycles. The van der Waals surface area contributed by atoms with Crippen molar-refractivity contribution >= 4 is 23.1 Å². The van der Waals surface area contributed by atoms with Crippen molar-refractivity contribution in [3.8, 4) is 6.07 Å². The van der Waals surface area contributed by atoms with Gasteiger partial charge in [-0.2, -0.15) is 5.26 Å². The Kier molecular flexibility index (Phi) is 4.72. The van der Waals surface area contributed by atoms with E-state index in [2.05, 4.69) is 21.7 Å². The lowest BCUT2D eigenvalue weighted by Crippen LogP contribution is -2.12. The zero-order valence-electron chi connectivity index (χ0n) is 13.7. The minimum absolute atomic E-state index is 0.173. The molecule has 5 nitrogen and oxygen atoms in total. The number of nitrogens with zero attached hydrogens (tertiary/aromatic N) is 2. The van der Waals surface area contributed by atoms with Gasteiger partial charge in [-0.1, -0.05) is 23.8 Å². The van der Waals surface area contributed by atoms with Crippen molar-refractivity contribution in [2.45, 2.75) is 6.92 Å². The van der Waals surface area contributed by atoms with Crippen molar-refractivity contribution in [2.75, 3.05) is 10.6 Å². The fourth-order valence-corrected chi connectivity index (χ4v) is 2.35. The van der Waals surface area contributed by atoms with Gasteiger partial charge in [-0.3, -0.25) is 4.79 Å². The van der Waals surface area contributed by atoms with Crippen molar-refractivity contribution in [1.29, 1.82) is 5.26 Å². The van der Waals surface area contributed by atoms with Crippen molar-refractivity contribution in [2.24, 2.45) is 0 Å². The number of anilines is 3. The van der Waals surface area contributed by atoms with Gasteiger partial charge in [-0.05, 0) is 49.4 Å². The van der Waals surface area contributed by atoms with Crippen LogP contribution in [0.3, 0.4) is 0 Å². The van der Waals surface area contributed by atoms with Gasteiger partial charge in [0.1, 0.15) is 5.82 Å². The molecule has 1 amide bonds. The summed E-state index contributed by atoms with van der Waals surface area (Å²) in [6.45, 7) is 1.94. The lowest BCUT2D eigenvalue weighted by Gasteiger charge is -2.08. The number of hydrogen-bond acceptors (Lipinski definition) is 4. The van der Waals surface area contributed by atoms with Gasteiger partial charge in [0.25, 0.3) is 5.91 Å². The number of benzene rings is 2. The van der Waals surface area contributed by atoms with Crippen molar-refractivity contribution < 1.29 is 4.79 Å². The van der Waals surface area contributed by atoms with E-state index in [-0.39, 0.29) is 5.91 Å². The molecule has 0 radical (unpaired) electrons. The summed E-state index contributed by atoms with van der Waals surface area (Å²) in [4.78, 5) is 16.5. The standard InChI is InChI=1S/C20H16N4O/c1-14-4-2-6-16(10-14)20(25)24-18-8-9-19(22-13-18)23-17-7-3-5-15(11-17)12-21/h2-11,13H,1H3,(H,22,23)(H,24,25). The van der Waals surface area contributed by atoms with Crippen LogP contribution in [0.15, 0.2) is 66.9 Å². The molecule has 2 N–H and O–H groups in total. The molecular weight excluding hydrogens is 312 g/mol. The lowest BCUT2D eigenvalue weighted by molar-refractivity contribution is 0.102. The van der Waals surface area contributed by atoms with E-state index < -0.39 is 0 Å². The van der Waals surface area contributed by atoms with Crippen molar-refractivity contribution in [3.63, 3.8) is 0 Å². The van der Waals surface area contributed by atoms with Crippen LogP contribution in [0, 0.1) is 18.3 Å². The van der Waals surface area contributed by atoms with Crippen LogP contribution < -0.4 is 10.6 Å². The maximum atomic E-state index is 12.2. The van der Waals surface area contributed by atoms with Crippen molar-refractivity contribution in [3.05, 3.63) is 83.6 Å². The second kappa shape index (κ2) is 7.28. The predicted octanol–water partition coefficient (Wildman–Crippen LogP) is 4.26. The maximum Gasteiger partial charge on any atom is 0.255 e. The van der Waals surface area contributed by atoms with E-state index in [9.17, 15) is 4.79 Å². The summed E-state index contributed by atoms with van der Waals surface area (Å²) in [7, 11) is 0. The monoisotopic (exact) mass is 328 g/mol. The number of carbonyl (C=O) groups is 1. The third-order valence-electron chi connectivity index (χ3n) is 3.57. The van der Waals surface area contributed by atoms with Crippen molar-refractivity contribution in [1.82, 2.24) is 4.98 Å². The first-order valence-corrected chi connectivity index (χ1v) is 7.75. The summed E-state index contributed by atoms with van der Waals surface area (Å²) in [6, 6.07) is 20.2. The smallest absolute Gasteiger partial charge is 0.255 e. The highest BCUT2D eigenvalue weighted by molar-refractivity contribution is 6.04. The number of pyridine rings is 1. The molecule has 0 aliphatic heterocycles. The molecule has 0 saturated carbocycles. The Morgan fingerprint density at radius 3 is 2.60 bits per heavy atom. The highest BCUT2D eigenvalue weighted by atomic mass is 16.1. The predicted molar refractivity (Wildman–Crippen MR) is 97.8 cm³/mol. The Bertz CT molecular complexity index is 942. The second-order valence-electron chi connectivity index (χ2n) is 5.57. The number of amides is 1. The molecule has 0 unspecified atom stereocenters. The van der Waals surface area contributed by atoms with Crippen LogP contribution in [0.1, 0.15) is 21.5 Å². The van der Waals surface area contributed by atoms with Crippen LogP contribution in [-0.2, 0) is 0 Å². The molecule has 0 aliphatic carbocycles. The number of carbonyl (C=O) groups excluding carboxylic acids is 1. The van der Waals surface area contributed by atoms with Gasteiger partial charge < -0.3 is 10.6 Å². The fraction of sp³-hybridized carbons (Fsp3) is 0.0500. The summed E-state index contributed by atoms with van der Waals surface area (Å²) in [5, 5.41) is 14.9. The van der Waals surface area contributed by atoms with E-state index in [0.717, 1.165) is 11.3 Å². The molecule has 0 atom stereocenters.